The summed E-state index contributed by atoms with van der Waals surface area (Å²) in [7, 11) is 0. The second-order valence-electron chi connectivity index (χ2n) is 6.09. The van der Waals surface area contributed by atoms with Gasteiger partial charge < -0.3 is 19.8 Å². The first-order chi connectivity index (χ1) is 10.8. The van der Waals surface area contributed by atoms with Crippen LogP contribution < -0.4 is 10.6 Å². The number of furan rings is 1. The minimum absolute atomic E-state index is 0.00238. The fourth-order valence-electron chi connectivity index (χ4n) is 3.35. The van der Waals surface area contributed by atoms with E-state index in [0.717, 1.165) is 48.8 Å². The topological polar surface area (TPSA) is 72.2 Å². The van der Waals surface area contributed by atoms with Gasteiger partial charge in [0.1, 0.15) is 5.76 Å². The zero-order valence-corrected chi connectivity index (χ0v) is 12.7. The second kappa shape index (κ2) is 5.37. The molecule has 2 aromatic rings. The molecule has 0 aromatic carbocycles. The molecule has 0 saturated carbocycles. The summed E-state index contributed by atoms with van der Waals surface area (Å²) in [5.74, 6) is 1.54. The van der Waals surface area contributed by atoms with Gasteiger partial charge in [0.05, 0.1) is 37.1 Å². The van der Waals surface area contributed by atoms with Crippen molar-refractivity contribution in [2.45, 2.75) is 31.9 Å². The first kappa shape index (κ1) is 13.7. The quantitative estimate of drug-likeness (QED) is 0.900. The van der Waals surface area contributed by atoms with Gasteiger partial charge in [-0.3, -0.25) is 0 Å². The van der Waals surface area contributed by atoms with Crippen molar-refractivity contribution in [3.05, 3.63) is 41.1 Å². The maximum Gasteiger partial charge on any atom is 0.223 e. The highest BCUT2D eigenvalue weighted by atomic mass is 16.5. The van der Waals surface area contributed by atoms with Gasteiger partial charge in [-0.25, -0.2) is 9.97 Å². The van der Waals surface area contributed by atoms with Crippen LogP contribution in [0.15, 0.2) is 22.8 Å². The Morgan fingerprint density at radius 3 is 3.14 bits per heavy atom. The van der Waals surface area contributed by atoms with Gasteiger partial charge in [0.15, 0.2) is 0 Å². The number of aryl methyl sites for hydroxylation is 1. The standard InChI is InChI=1S/C16H20N4O2/c1-11-13-8-21-10-16(4-5-17-9-16)14(13)20-15(19-11)18-7-12-3-2-6-22-12/h2-3,6,17H,4-5,7-10H2,1H3,(H,18,19,20). The first-order valence-corrected chi connectivity index (χ1v) is 7.70. The van der Waals surface area contributed by atoms with E-state index in [2.05, 4.69) is 15.6 Å². The number of hydrogen-bond acceptors (Lipinski definition) is 6. The maximum atomic E-state index is 5.82. The highest BCUT2D eigenvalue weighted by molar-refractivity contribution is 5.40. The van der Waals surface area contributed by atoms with E-state index in [4.69, 9.17) is 14.1 Å². The third kappa shape index (κ3) is 2.28. The molecule has 0 bridgehead atoms. The molecule has 2 aliphatic heterocycles. The Balaban J connectivity index is 1.65. The van der Waals surface area contributed by atoms with Gasteiger partial charge in [-0.15, -0.1) is 0 Å². The molecule has 0 radical (unpaired) electrons. The zero-order valence-electron chi connectivity index (χ0n) is 12.7. The van der Waals surface area contributed by atoms with Crippen molar-refractivity contribution in [2.75, 3.05) is 25.0 Å². The van der Waals surface area contributed by atoms with E-state index < -0.39 is 0 Å². The zero-order chi connectivity index (χ0) is 15.0. The summed E-state index contributed by atoms with van der Waals surface area (Å²) in [6, 6.07) is 3.82. The highest BCUT2D eigenvalue weighted by Gasteiger charge is 2.42. The lowest BCUT2D eigenvalue weighted by molar-refractivity contribution is 0.0546. The molecular formula is C16H20N4O2. The van der Waals surface area contributed by atoms with Gasteiger partial charge in [0.2, 0.25) is 5.95 Å². The molecule has 0 aliphatic carbocycles. The Morgan fingerprint density at radius 2 is 2.36 bits per heavy atom. The summed E-state index contributed by atoms with van der Waals surface area (Å²) in [6.07, 6.45) is 2.74. The van der Waals surface area contributed by atoms with E-state index in [0.29, 0.717) is 19.1 Å². The minimum Gasteiger partial charge on any atom is -0.467 e. The Hall–Kier alpha value is -1.92. The van der Waals surface area contributed by atoms with E-state index in [-0.39, 0.29) is 5.41 Å². The molecule has 4 heterocycles. The number of nitrogens with one attached hydrogen (secondary N) is 2. The number of fused-ring (bicyclic) bond motifs is 2. The molecule has 6 nitrogen and oxygen atoms in total. The average molecular weight is 300 g/mol. The first-order valence-electron chi connectivity index (χ1n) is 7.70. The molecule has 6 heteroatoms. The summed E-state index contributed by atoms with van der Waals surface area (Å²) in [5.41, 5.74) is 3.30. The summed E-state index contributed by atoms with van der Waals surface area (Å²) < 4.78 is 11.2. The van der Waals surface area contributed by atoms with Crippen molar-refractivity contribution < 1.29 is 9.15 Å². The normalized spacial score (nSPS) is 23.7. The smallest absolute Gasteiger partial charge is 0.223 e. The average Bonchev–Trinajstić information content (AvgIpc) is 3.19. The van der Waals surface area contributed by atoms with Gasteiger partial charge in [-0.05, 0) is 32.0 Å². The van der Waals surface area contributed by atoms with Crippen LogP contribution in [0.1, 0.15) is 29.1 Å². The van der Waals surface area contributed by atoms with Crippen LogP contribution in [0, 0.1) is 6.92 Å². The van der Waals surface area contributed by atoms with Crippen LogP contribution in [0.25, 0.3) is 0 Å². The Kier molecular flexibility index (Phi) is 3.35. The molecule has 1 unspecified atom stereocenters. The molecule has 1 atom stereocenters. The van der Waals surface area contributed by atoms with Crippen molar-refractivity contribution in [1.29, 1.82) is 0 Å². The lowest BCUT2D eigenvalue weighted by atomic mass is 9.80. The molecule has 116 valence electrons. The molecule has 22 heavy (non-hydrogen) atoms. The van der Waals surface area contributed by atoms with Gasteiger partial charge in [0, 0.05) is 17.8 Å². The van der Waals surface area contributed by atoms with Crippen LogP contribution in [0.2, 0.25) is 0 Å². The monoisotopic (exact) mass is 300 g/mol. The Labute approximate surface area is 129 Å². The van der Waals surface area contributed by atoms with Crippen molar-refractivity contribution in [1.82, 2.24) is 15.3 Å². The lowest BCUT2D eigenvalue weighted by Crippen LogP contribution is -2.40. The van der Waals surface area contributed by atoms with Gasteiger partial charge in [0.25, 0.3) is 0 Å². The number of anilines is 1. The fourth-order valence-corrected chi connectivity index (χ4v) is 3.35. The van der Waals surface area contributed by atoms with Crippen LogP contribution in [-0.4, -0.2) is 29.7 Å². The predicted molar refractivity (Wildman–Crippen MR) is 81.6 cm³/mol. The van der Waals surface area contributed by atoms with Crippen molar-refractivity contribution in [3.8, 4) is 0 Å². The van der Waals surface area contributed by atoms with Crippen LogP contribution in [-0.2, 0) is 23.3 Å². The fraction of sp³-hybridized carbons (Fsp3) is 0.500. The predicted octanol–water partition coefficient (Wildman–Crippen LogP) is 1.75. The SMILES string of the molecule is Cc1nc(NCc2ccco2)nc2c1COCC21CCNC1. The molecule has 2 aliphatic rings. The van der Waals surface area contributed by atoms with Crippen LogP contribution in [0.3, 0.4) is 0 Å². The number of ether oxygens (including phenoxy) is 1. The molecule has 0 amide bonds. The molecule has 2 N–H and O–H groups in total. The molecule has 1 spiro atoms. The van der Waals surface area contributed by atoms with E-state index >= 15 is 0 Å². The van der Waals surface area contributed by atoms with E-state index in [1.54, 1.807) is 6.26 Å². The van der Waals surface area contributed by atoms with Crippen LogP contribution >= 0.6 is 0 Å². The van der Waals surface area contributed by atoms with Crippen LogP contribution in [0.5, 0.6) is 0 Å². The summed E-state index contributed by atoms with van der Waals surface area (Å²) in [6.45, 7) is 5.91. The van der Waals surface area contributed by atoms with Crippen molar-refractivity contribution >= 4 is 5.95 Å². The third-order valence-corrected chi connectivity index (χ3v) is 4.59. The molecule has 2 aromatic heterocycles. The molecule has 4 rings (SSSR count). The number of hydrogen-bond donors (Lipinski definition) is 2. The third-order valence-electron chi connectivity index (χ3n) is 4.59. The van der Waals surface area contributed by atoms with Crippen molar-refractivity contribution in [2.24, 2.45) is 0 Å². The minimum atomic E-state index is 0.00238. The maximum absolute atomic E-state index is 5.82. The molecule has 1 saturated heterocycles. The Morgan fingerprint density at radius 1 is 1.41 bits per heavy atom. The lowest BCUT2D eigenvalue weighted by Gasteiger charge is -2.34. The van der Waals surface area contributed by atoms with Crippen molar-refractivity contribution in [3.63, 3.8) is 0 Å². The number of nitrogens with zero attached hydrogens (tertiary/aromatic N) is 2. The van der Waals surface area contributed by atoms with Gasteiger partial charge in [-0.2, -0.15) is 0 Å². The largest absolute Gasteiger partial charge is 0.467 e. The summed E-state index contributed by atoms with van der Waals surface area (Å²) in [4.78, 5) is 9.40. The molecule has 1 fully saturated rings. The summed E-state index contributed by atoms with van der Waals surface area (Å²) in [5, 5.41) is 6.71. The van der Waals surface area contributed by atoms with E-state index in [1.807, 2.05) is 19.1 Å². The van der Waals surface area contributed by atoms with Gasteiger partial charge >= 0.3 is 0 Å². The number of aromatic nitrogens is 2. The van der Waals surface area contributed by atoms with Gasteiger partial charge in [-0.1, -0.05) is 0 Å². The van der Waals surface area contributed by atoms with E-state index in [9.17, 15) is 0 Å². The highest BCUT2D eigenvalue weighted by Crippen LogP contribution is 2.37. The van der Waals surface area contributed by atoms with E-state index in [1.165, 1.54) is 0 Å². The summed E-state index contributed by atoms with van der Waals surface area (Å²) >= 11 is 0. The molecular weight excluding hydrogens is 280 g/mol. The number of rotatable bonds is 3. The van der Waals surface area contributed by atoms with Crippen LogP contribution in [0.4, 0.5) is 5.95 Å². The second-order valence-corrected chi connectivity index (χ2v) is 6.09. The Bertz CT molecular complexity index is 663.